The Labute approximate surface area is 130 Å². The van der Waals surface area contributed by atoms with Crippen molar-refractivity contribution in [2.24, 2.45) is 5.73 Å². The van der Waals surface area contributed by atoms with Crippen LogP contribution >= 0.6 is 0 Å². The predicted octanol–water partition coefficient (Wildman–Crippen LogP) is -4.34. The van der Waals surface area contributed by atoms with Crippen LogP contribution in [0.2, 0.25) is 0 Å². The van der Waals surface area contributed by atoms with E-state index in [-0.39, 0.29) is 0 Å². The maximum Gasteiger partial charge on any atom is 0.320 e. The minimum absolute atomic E-state index is 0.749. The lowest BCUT2D eigenvalue weighted by molar-refractivity contribution is -0.301. The standard InChI is InChI=1S/C12H20N2O9/c1-4(16)14-10-9(19)8(18)6(3-15)23-12(10,22)7(17)2-5(13)11(20)21/h5-6,8-10,15,18-19,22H,2-3,13H2,1H3,(H,14,16)(H,20,21)/t5-,6+,8+,9-,10+,12?/m0/s1. The van der Waals surface area contributed by atoms with Crippen LogP contribution < -0.4 is 11.1 Å². The second kappa shape index (κ2) is 7.29. The molecular weight excluding hydrogens is 316 g/mol. The molecule has 1 unspecified atom stereocenters. The fraction of sp³-hybridized carbons (Fsp3) is 0.750. The van der Waals surface area contributed by atoms with Crippen molar-refractivity contribution in [3.05, 3.63) is 0 Å². The number of ether oxygens (including phenoxy) is 1. The zero-order chi connectivity index (χ0) is 17.9. The molecule has 0 aromatic heterocycles. The van der Waals surface area contributed by atoms with Crippen molar-refractivity contribution in [1.82, 2.24) is 5.32 Å². The molecule has 1 fully saturated rings. The third-order valence-corrected chi connectivity index (χ3v) is 3.49. The van der Waals surface area contributed by atoms with Crippen LogP contribution in [0.25, 0.3) is 0 Å². The molecule has 1 aliphatic rings. The van der Waals surface area contributed by atoms with E-state index in [4.69, 9.17) is 20.7 Å². The number of rotatable bonds is 6. The molecule has 0 spiro atoms. The molecule has 11 heteroatoms. The van der Waals surface area contributed by atoms with Crippen molar-refractivity contribution >= 4 is 17.7 Å². The highest BCUT2D eigenvalue weighted by atomic mass is 16.7. The Bertz CT molecular complexity index is 485. The average Bonchev–Trinajstić information content (AvgIpc) is 2.46. The number of hydrogen-bond donors (Lipinski definition) is 7. The monoisotopic (exact) mass is 336 g/mol. The molecule has 8 N–H and O–H groups in total. The zero-order valence-electron chi connectivity index (χ0n) is 12.2. The van der Waals surface area contributed by atoms with E-state index in [1.807, 2.05) is 0 Å². The summed E-state index contributed by atoms with van der Waals surface area (Å²) in [6.45, 7) is 0.191. The number of amides is 1. The Balaban J connectivity index is 3.14. The van der Waals surface area contributed by atoms with Crippen molar-refractivity contribution in [2.75, 3.05) is 6.61 Å². The minimum Gasteiger partial charge on any atom is -0.480 e. The fourth-order valence-electron chi connectivity index (χ4n) is 2.24. The molecule has 11 nitrogen and oxygen atoms in total. The Morgan fingerprint density at radius 2 is 1.87 bits per heavy atom. The van der Waals surface area contributed by atoms with Crippen LogP contribution in [0.15, 0.2) is 0 Å². The van der Waals surface area contributed by atoms with Crippen LogP contribution in [0.4, 0.5) is 0 Å². The number of carbonyl (C=O) groups is 3. The van der Waals surface area contributed by atoms with E-state index in [9.17, 15) is 29.7 Å². The SMILES string of the molecule is CC(=O)N[C@@H]1[C@@H](O)[C@H](O)[C@@H](CO)OC1(O)C(=O)C[C@H](N)C(=O)O. The molecule has 0 aromatic carbocycles. The predicted molar refractivity (Wildman–Crippen MR) is 71.8 cm³/mol. The quantitative estimate of drug-likeness (QED) is 0.249. The first kappa shape index (κ1) is 19.4. The molecule has 23 heavy (non-hydrogen) atoms. The summed E-state index contributed by atoms with van der Waals surface area (Å²) in [6, 6.07) is -3.42. The second-order valence-electron chi connectivity index (χ2n) is 5.27. The van der Waals surface area contributed by atoms with E-state index in [1.165, 1.54) is 0 Å². The highest BCUT2D eigenvalue weighted by molar-refractivity contribution is 5.91. The molecule has 1 amide bonds. The summed E-state index contributed by atoms with van der Waals surface area (Å²) in [6.07, 6.45) is -5.93. The lowest BCUT2D eigenvalue weighted by Crippen LogP contribution is -2.73. The number of aliphatic hydroxyl groups excluding tert-OH is 3. The summed E-state index contributed by atoms with van der Waals surface area (Å²) in [4.78, 5) is 34.1. The number of carboxylic acid groups (broad SMARTS) is 1. The van der Waals surface area contributed by atoms with Gasteiger partial charge in [0.15, 0.2) is 5.78 Å². The number of ketones is 1. The first-order valence-corrected chi connectivity index (χ1v) is 6.70. The van der Waals surface area contributed by atoms with Gasteiger partial charge in [-0.25, -0.2) is 0 Å². The summed E-state index contributed by atoms with van der Waals surface area (Å²) in [5.41, 5.74) is 5.22. The van der Waals surface area contributed by atoms with Crippen molar-refractivity contribution in [3.63, 3.8) is 0 Å². The summed E-state index contributed by atoms with van der Waals surface area (Å²) in [5.74, 6) is -6.34. The molecule has 1 rings (SSSR count). The second-order valence-corrected chi connectivity index (χ2v) is 5.27. The van der Waals surface area contributed by atoms with Crippen molar-refractivity contribution in [3.8, 4) is 0 Å². The molecule has 132 valence electrons. The number of nitrogens with one attached hydrogen (secondary N) is 1. The van der Waals surface area contributed by atoms with E-state index in [0.29, 0.717) is 0 Å². The maximum absolute atomic E-state index is 12.2. The molecular formula is C12H20N2O9. The van der Waals surface area contributed by atoms with Gasteiger partial charge in [-0.2, -0.15) is 0 Å². The first-order chi connectivity index (χ1) is 10.5. The molecule has 1 saturated heterocycles. The van der Waals surface area contributed by atoms with Gasteiger partial charge in [0.05, 0.1) is 6.61 Å². The fourth-order valence-corrected chi connectivity index (χ4v) is 2.24. The third kappa shape index (κ3) is 4.02. The molecule has 0 aromatic rings. The average molecular weight is 336 g/mol. The van der Waals surface area contributed by atoms with Gasteiger partial charge in [-0.3, -0.25) is 14.4 Å². The van der Waals surface area contributed by atoms with Gasteiger partial charge < -0.3 is 41.3 Å². The van der Waals surface area contributed by atoms with Crippen LogP contribution in [0.5, 0.6) is 0 Å². The highest BCUT2D eigenvalue weighted by Gasteiger charge is 2.57. The number of Topliss-reactive ketones (excluding diaryl/α,β-unsaturated/α-hetero) is 1. The Hall–Kier alpha value is -1.63. The number of carboxylic acids is 1. The molecule has 0 aliphatic carbocycles. The van der Waals surface area contributed by atoms with E-state index >= 15 is 0 Å². The van der Waals surface area contributed by atoms with Crippen LogP contribution in [0, 0.1) is 0 Å². The Kier molecular flexibility index (Phi) is 6.16. The number of aliphatic carboxylic acids is 1. The smallest absolute Gasteiger partial charge is 0.320 e. The van der Waals surface area contributed by atoms with Crippen LogP contribution in [0.1, 0.15) is 13.3 Å². The van der Waals surface area contributed by atoms with Gasteiger partial charge >= 0.3 is 5.97 Å². The molecule has 0 saturated carbocycles. The van der Waals surface area contributed by atoms with Crippen molar-refractivity contribution in [2.45, 2.75) is 49.5 Å². The number of nitrogens with two attached hydrogens (primary N) is 1. The normalized spacial score (nSPS) is 35.4. The lowest BCUT2D eigenvalue weighted by atomic mass is 9.86. The van der Waals surface area contributed by atoms with Crippen LogP contribution in [0.3, 0.4) is 0 Å². The summed E-state index contributed by atoms with van der Waals surface area (Å²) < 4.78 is 4.94. The van der Waals surface area contributed by atoms with E-state index in [2.05, 4.69) is 5.32 Å². The van der Waals surface area contributed by atoms with E-state index in [0.717, 1.165) is 6.92 Å². The Morgan fingerprint density at radius 1 is 1.30 bits per heavy atom. The van der Waals surface area contributed by atoms with Gasteiger partial charge in [0, 0.05) is 13.3 Å². The molecule has 0 radical (unpaired) electrons. The van der Waals surface area contributed by atoms with Crippen molar-refractivity contribution in [1.29, 1.82) is 0 Å². The molecule has 1 heterocycles. The molecule has 1 aliphatic heterocycles. The Morgan fingerprint density at radius 3 is 2.30 bits per heavy atom. The van der Waals surface area contributed by atoms with Crippen molar-refractivity contribution < 1.29 is 44.7 Å². The third-order valence-electron chi connectivity index (χ3n) is 3.49. The summed E-state index contributed by atoms with van der Waals surface area (Å²) >= 11 is 0. The largest absolute Gasteiger partial charge is 0.480 e. The highest BCUT2D eigenvalue weighted by Crippen LogP contribution is 2.30. The topological polar surface area (TPSA) is 200 Å². The van der Waals surface area contributed by atoms with Gasteiger partial charge in [0.25, 0.3) is 5.79 Å². The number of carbonyl (C=O) groups excluding carboxylic acids is 2. The number of hydrogen-bond acceptors (Lipinski definition) is 9. The van der Waals surface area contributed by atoms with Crippen LogP contribution in [-0.2, 0) is 19.1 Å². The van der Waals surface area contributed by atoms with Gasteiger partial charge in [0.2, 0.25) is 5.91 Å². The molecule has 6 atom stereocenters. The van der Waals surface area contributed by atoms with Crippen LogP contribution in [-0.4, -0.2) is 86.0 Å². The van der Waals surface area contributed by atoms with Gasteiger partial charge in [-0.05, 0) is 0 Å². The number of aliphatic hydroxyl groups is 4. The van der Waals surface area contributed by atoms with Gasteiger partial charge in [0.1, 0.15) is 30.4 Å². The van der Waals surface area contributed by atoms with Gasteiger partial charge in [-0.1, -0.05) is 0 Å². The van der Waals surface area contributed by atoms with Gasteiger partial charge in [-0.15, -0.1) is 0 Å². The van der Waals surface area contributed by atoms with E-state index < -0.39 is 66.9 Å². The lowest BCUT2D eigenvalue weighted by Gasteiger charge is -2.46. The first-order valence-electron chi connectivity index (χ1n) is 6.70. The summed E-state index contributed by atoms with van der Waals surface area (Å²) in [5, 5.41) is 50.1. The molecule has 0 bridgehead atoms. The minimum atomic E-state index is -2.86. The van der Waals surface area contributed by atoms with E-state index in [1.54, 1.807) is 0 Å². The maximum atomic E-state index is 12.2. The zero-order valence-corrected chi connectivity index (χ0v) is 12.2. The summed E-state index contributed by atoms with van der Waals surface area (Å²) in [7, 11) is 0.